The highest BCUT2D eigenvalue weighted by Crippen LogP contribution is 2.11. The molecule has 0 aromatic carbocycles. The molecule has 0 unspecified atom stereocenters. The molecule has 1 aliphatic heterocycles. The average Bonchev–Trinajstić information content (AvgIpc) is 2.34. The Kier molecular flexibility index (Phi) is 3.41. The Morgan fingerprint density at radius 2 is 2.29 bits per heavy atom. The van der Waals surface area contributed by atoms with Crippen molar-refractivity contribution in [3.8, 4) is 0 Å². The van der Waals surface area contributed by atoms with Gasteiger partial charge in [-0.25, -0.2) is 4.79 Å². The zero-order valence-electron chi connectivity index (χ0n) is 9.47. The van der Waals surface area contributed by atoms with Crippen LogP contribution in [0.15, 0.2) is 15.8 Å². The first-order chi connectivity index (χ1) is 8.11. The molecule has 1 aromatic heterocycles. The van der Waals surface area contributed by atoms with Crippen molar-refractivity contribution in [2.75, 3.05) is 19.7 Å². The number of aryl methyl sites for hydroxylation is 1. The van der Waals surface area contributed by atoms with Crippen LogP contribution in [-0.4, -0.2) is 40.5 Å². The molecule has 0 radical (unpaired) electrons. The van der Waals surface area contributed by atoms with E-state index in [1.165, 1.54) is 10.8 Å². The normalized spacial score (nSPS) is 24.8. The SMILES string of the molecule is Cc1cn([C@H]2CNC[C@@H](CO)O2)c(=O)[nH]c1=O. The number of H-pyrrole nitrogens is 1. The molecule has 0 amide bonds. The number of rotatable bonds is 2. The van der Waals surface area contributed by atoms with Gasteiger partial charge < -0.3 is 15.2 Å². The molecule has 7 heteroatoms. The molecule has 1 aromatic rings. The van der Waals surface area contributed by atoms with Crippen LogP contribution in [0.25, 0.3) is 0 Å². The van der Waals surface area contributed by atoms with Crippen LogP contribution < -0.4 is 16.6 Å². The minimum absolute atomic E-state index is 0.111. The number of nitrogens with zero attached hydrogens (tertiary/aromatic N) is 1. The van der Waals surface area contributed by atoms with Crippen molar-refractivity contribution in [3.05, 3.63) is 32.6 Å². The van der Waals surface area contributed by atoms with Gasteiger partial charge in [0.05, 0.1) is 12.7 Å². The molecule has 1 aliphatic rings. The summed E-state index contributed by atoms with van der Waals surface area (Å²) in [7, 11) is 0. The summed E-state index contributed by atoms with van der Waals surface area (Å²) in [4.78, 5) is 25.1. The van der Waals surface area contributed by atoms with E-state index in [4.69, 9.17) is 9.84 Å². The van der Waals surface area contributed by atoms with Crippen LogP contribution in [0.2, 0.25) is 0 Å². The number of morpholine rings is 1. The quantitative estimate of drug-likeness (QED) is 0.575. The fraction of sp³-hybridized carbons (Fsp3) is 0.600. The highest BCUT2D eigenvalue weighted by Gasteiger charge is 2.23. The monoisotopic (exact) mass is 241 g/mol. The Hall–Kier alpha value is -1.44. The lowest BCUT2D eigenvalue weighted by Gasteiger charge is -2.30. The molecule has 2 atom stereocenters. The van der Waals surface area contributed by atoms with Crippen molar-refractivity contribution in [2.24, 2.45) is 0 Å². The van der Waals surface area contributed by atoms with Gasteiger partial charge in [-0.05, 0) is 6.92 Å². The van der Waals surface area contributed by atoms with Crippen LogP contribution in [0.1, 0.15) is 11.8 Å². The van der Waals surface area contributed by atoms with E-state index in [9.17, 15) is 9.59 Å². The smallest absolute Gasteiger partial charge is 0.330 e. The van der Waals surface area contributed by atoms with Crippen molar-refractivity contribution < 1.29 is 9.84 Å². The fourth-order valence-electron chi connectivity index (χ4n) is 1.76. The number of hydrogen-bond donors (Lipinski definition) is 3. The first-order valence-corrected chi connectivity index (χ1v) is 5.41. The van der Waals surface area contributed by atoms with Gasteiger partial charge in [0.1, 0.15) is 0 Å². The van der Waals surface area contributed by atoms with Crippen molar-refractivity contribution in [1.82, 2.24) is 14.9 Å². The standard InChI is InChI=1S/C10H15N3O4/c1-6-4-13(10(16)12-9(6)15)8-3-11-2-7(5-14)17-8/h4,7-8,11,14H,2-3,5H2,1H3,(H,12,15,16)/t7-,8+/m0/s1. The van der Waals surface area contributed by atoms with Gasteiger partial charge in [0, 0.05) is 24.8 Å². The average molecular weight is 241 g/mol. The summed E-state index contributed by atoms with van der Waals surface area (Å²) >= 11 is 0. The molecule has 0 bridgehead atoms. The molecule has 1 saturated heterocycles. The second kappa shape index (κ2) is 4.82. The number of aromatic nitrogens is 2. The topological polar surface area (TPSA) is 96.3 Å². The summed E-state index contributed by atoms with van der Waals surface area (Å²) in [5.74, 6) is 0. The Morgan fingerprint density at radius 3 is 3.00 bits per heavy atom. The van der Waals surface area contributed by atoms with Crippen LogP contribution in [0.5, 0.6) is 0 Å². The molecule has 3 N–H and O–H groups in total. The highest BCUT2D eigenvalue weighted by atomic mass is 16.5. The van der Waals surface area contributed by atoms with Gasteiger partial charge in [-0.15, -0.1) is 0 Å². The third-order valence-corrected chi connectivity index (χ3v) is 2.70. The predicted molar refractivity (Wildman–Crippen MR) is 59.9 cm³/mol. The first-order valence-electron chi connectivity index (χ1n) is 5.41. The van der Waals surface area contributed by atoms with Gasteiger partial charge in [0.15, 0.2) is 6.23 Å². The minimum Gasteiger partial charge on any atom is -0.394 e. The minimum atomic E-state index is -0.510. The third kappa shape index (κ3) is 2.46. The van der Waals surface area contributed by atoms with Gasteiger partial charge in [-0.2, -0.15) is 0 Å². The van der Waals surface area contributed by atoms with E-state index in [0.717, 1.165) is 0 Å². The molecular weight excluding hydrogens is 226 g/mol. The van der Waals surface area contributed by atoms with Crippen LogP contribution in [0.3, 0.4) is 0 Å². The van der Waals surface area contributed by atoms with E-state index in [1.807, 2.05) is 0 Å². The second-order valence-corrected chi connectivity index (χ2v) is 4.03. The van der Waals surface area contributed by atoms with Gasteiger partial charge in [0.25, 0.3) is 5.56 Å². The zero-order valence-corrected chi connectivity index (χ0v) is 9.47. The lowest BCUT2D eigenvalue weighted by molar-refractivity contribution is -0.0968. The summed E-state index contributed by atoms with van der Waals surface area (Å²) in [5.41, 5.74) is -0.459. The molecule has 1 fully saturated rings. The summed E-state index contributed by atoms with van der Waals surface area (Å²) < 4.78 is 6.85. The molecule has 94 valence electrons. The molecule has 2 heterocycles. The lowest BCUT2D eigenvalue weighted by atomic mass is 10.3. The van der Waals surface area contributed by atoms with Crippen molar-refractivity contribution in [2.45, 2.75) is 19.3 Å². The Labute approximate surface area is 97.0 Å². The Morgan fingerprint density at radius 1 is 1.53 bits per heavy atom. The van der Waals surface area contributed by atoms with Crippen LogP contribution in [0, 0.1) is 6.92 Å². The van der Waals surface area contributed by atoms with E-state index < -0.39 is 17.5 Å². The number of nitrogens with one attached hydrogen (secondary N) is 2. The van der Waals surface area contributed by atoms with Crippen LogP contribution >= 0.6 is 0 Å². The largest absolute Gasteiger partial charge is 0.394 e. The van der Waals surface area contributed by atoms with E-state index in [1.54, 1.807) is 6.92 Å². The number of aliphatic hydroxyl groups excluding tert-OH is 1. The summed E-state index contributed by atoms with van der Waals surface area (Å²) in [5, 5.41) is 12.1. The molecule has 2 rings (SSSR count). The molecule has 0 spiro atoms. The predicted octanol–water partition coefficient (Wildman–Crippen LogP) is -1.68. The van der Waals surface area contributed by atoms with E-state index >= 15 is 0 Å². The number of hydrogen-bond acceptors (Lipinski definition) is 5. The van der Waals surface area contributed by atoms with Crippen molar-refractivity contribution in [1.29, 1.82) is 0 Å². The molecular formula is C10H15N3O4. The number of aliphatic hydroxyl groups is 1. The molecule has 0 aliphatic carbocycles. The Balaban J connectivity index is 2.31. The maximum absolute atomic E-state index is 11.6. The molecule has 17 heavy (non-hydrogen) atoms. The maximum atomic E-state index is 11.6. The first kappa shape index (κ1) is 12.0. The van der Waals surface area contributed by atoms with Crippen LogP contribution in [0.4, 0.5) is 0 Å². The third-order valence-electron chi connectivity index (χ3n) is 2.70. The second-order valence-electron chi connectivity index (χ2n) is 4.03. The van der Waals surface area contributed by atoms with Gasteiger partial charge in [-0.1, -0.05) is 0 Å². The maximum Gasteiger partial charge on any atom is 0.330 e. The molecule has 7 nitrogen and oxygen atoms in total. The number of ether oxygens (including phenoxy) is 1. The van der Waals surface area contributed by atoms with Gasteiger partial charge in [0.2, 0.25) is 0 Å². The lowest BCUT2D eigenvalue weighted by Crippen LogP contribution is -2.47. The summed E-state index contributed by atoms with van der Waals surface area (Å²) in [6.07, 6.45) is 0.615. The number of aromatic amines is 1. The summed E-state index contributed by atoms with van der Waals surface area (Å²) in [6, 6.07) is 0. The van der Waals surface area contributed by atoms with Crippen LogP contribution in [-0.2, 0) is 4.74 Å². The Bertz CT molecular complexity index is 507. The van der Waals surface area contributed by atoms with Gasteiger partial charge >= 0.3 is 5.69 Å². The summed E-state index contributed by atoms with van der Waals surface area (Å²) in [6.45, 7) is 2.51. The molecule has 0 saturated carbocycles. The fourth-order valence-corrected chi connectivity index (χ4v) is 1.76. The van der Waals surface area contributed by atoms with E-state index in [0.29, 0.717) is 18.7 Å². The van der Waals surface area contributed by atoms with Crippen molar-refractivity contribution in [3.63, 3.8) is 0 Å². The van der Waals surface area contributed by atoms with Crippen molar-refractivity contribution >= 4 is 0 Å². The highest BCUT2D eigenvalue weighted by molar-refractivity contribution is 5.01. The van der Waals surface area contributed by atoms with E-state index in [2.05, 4.69) is 10.3 Å². The van der Waals surface area contributed by atoms with Gasteiger partial charge in [-0.3, -0.25) is 14.3 Å². The van der Waals surface area contributed by atoms with E-state index in [-0.39, 0.29) is 12.7 Å². The zero-order chi connectivity index (χ0) is 12.4.